The van der Waals surface area contributed by atoms with E-state index in [2.05, 4.69) is 50.5 Å². The number of hydrogen-bond acceptors (Lipinski definition) is 1. The van der Waals surface area contributed by atoms with Gasteiger partial charge in [0.2, 0.25) is 0 Å². The lowest BCUT2D eigenvalue weighted by Gasteiger charge is -2.37. The van der Waals surface area contributed by atoms with Crippen LogP contribution in [0.15, 0.2) is 30.3 Å². The highest BCUT2D eigenvalue weighted by molar-refractivity contribution is 7.45. The second-order valence-corrected chi connectivity index (χ2v) is 21.0. The topological polar surface area (TPSA) is 20.2 Å². The SMILES string of the molecule is C[Si](C)(C)[Si](C)(CO)c1ccccc1. The monoisotopic (exact) mass is 224 g/mol. The molecule has 0 fully saturated rings. The summed E-state index contributed by atoms with van der Waals surface area (Å²) in [6, 6.07) is 10.6. The Morgan fingerprint density at radius 1 is 1.00 bits per heavy atom. The highest BCUT2D eigenvalue weighted by Crippen LogP contribution is 2.18. The standard InChI is InChI=1S/C11H20OSi2/c1-13(2,3)14(4,10-12)11-8-6-5-7-9-11/h5-9,12H,10H2,1-4H3. The minimum Gasteiger partial charge on any atom is -0.400 e. The number of aliphatic hydroxyl groups is 1. The fraction of sp³-hybridized carbons (Fsp3) is 0.455. The van der Waals surface area contributed by atoms with Crippen molar-refractivity contribution in [1.82, 2.24) is 0 Å². The second-order valence-electron chi connectivity index (χ2n) is 5.11. The Morgan fingerprint density at radius 3 is 1.86 bits per heavy atom. The fourth-order valence-electron chi connectivity index (χ4n) is 1.57. The van der Waals surface area contributed by atoms with E-state index >= 15 is 0 Å². The summed E-state index contributed by atoms with van der Waals surface area (Å²) in [6.07, 6.45) is 0.382. The molecule has 0 amide bonds. The van der Waals surface area contributed by atoms with Crippen molar-refractivity contribution in [3.05, 3.63) is 30.3 Å². The van der Waals surface area contributed by atoms with Crippen LogP contribution in [0.3, 0.4) is 0 Å². The van der Waals surface area contributed by atoms with Crippen LogP contribution in [0.2, 0.25) is 26.2 Å². The first-order valence-corrected chi connectivity index (χ1v) is 12.3. The second kappa shape index (κ2) is 4.00. The maximum absolute atomic E-state index is 9.67. The zero-order valence-corrected chi connectivity index (χ0v) is 11.5. The first-order chi connectivity index (χ1) is 6.42. The zero-order valence-electron chi connectivity index (χ0n) is 9.54. The van der Waals surface area contributed by atoms with Gasteiger partial charge in [-0.1, -0.05) is 61.7 Å². The van der Waals surface area contributed by atoms with Gasteiger partial charge in [-0.2, -0.15) is 0 Å². The third-order valence-corrected chi connectivity index (χ3v) is 20.2. The maximum Gasteiger partial charge on any atom is 0.105 e. The molecule has 0 spiro atoms. The van der Waals surface area contributed by atoms with Gasteiger partial charge in [-0.3, -0.25) is 0 Å². The maximum atomic E-state index is 9.67. The van der Waals surface area contributed by atoms with Gasteiger partial charge in [-0.05, 0) is 0 Å². The molecule has 0 radical (unpaired) electrons. The Bertz CT molecular complexity index is 292. The van der Waals surface area contributed by atoms with Crippen molar-refractivity contribution in [2.45, 2.75) is 26.2 Å². The molecule has 1 aromatic carbocycles. The van der Waals surface area contributed by atoms with Crippen LogP contribution in [0.25, 0.3) is 0 Å². The first-order valence-electron chi connectivity index (χ1n) is 5.08. The van der Waals surface area contributed by atoms with E-state index in [9.17, 15) is 5.11 Å². The molecule has 78 valence electrons. The van der Waals surface area contributed by atoms with Crippen LogP contribution in [0.1, 0.15) is 0 Å². The summed E-state index contributed by atoms with van der Waals surface area (Å²) in [5, 5.41) is 11.1. The summed E-state index contributed by atoms with van der Waals surface area (Å²) in [5.74, 6) is 0. The summed E-state index contributed by atoms with van der Waals surface area (Å²) in [5.41, 5.74) is 0. The predicted octanol–water partition coefficient (Wildman–Crippen LogP) is 1.92. The smallest absolute Gasteiger partial charge is 0.105 e. The average molecular weight is 224 g/mol. The Balaban J connectivity index is 3.15. The largest absolute Gasteiger partial charge is 0.400 e. The van der Waals surface area contributed by atoms with Crippen molar-refractivity contribution in [2.24, 2.45) is 0 Å². The van der Waals surface area contributed by atoms with E-state index in [4.69, 9.17) is 0 Å². The molecule has 1 atom stereocenters. The van der Waals surface area contributed by atoms with Gasteiger partial charge in [-0.25, -0.2) is 0 Å². The van der Waals surface area contributed by atoms with Crippen LogP contribution < -0.4 is 5.19 Å². The minimum atomic E-state index is -1.61. The van der Waals surface area contributed by atoms with Crippen molar-refractivity contribution < 1.29 is 5.11 Å². The van der Waals surface area contributed by atoms with Gasteiger partial charge in [0.05, 0.1) is 0 Å². The number of hydrogen-bond donors (Lipinski definition) is 1. The molecule has 0 saturated heterocycles. The third-order valence-electron chi connectivity index (χ3n) is 3.38. The molecule has 1 nitrogen and oxygen atoms in total. The molecular formula is C11H20OSi2. The normalized spacial score (nSPS) is 16.4. The Hall–Kier alpha value is -0.386. The van der Waals surface area contributed by atoms with Gasteiger partial charge in [0.1, 0.15) is 7.59 Å². The van der Waals surface area contributed by atoms with Crippen LogP contribution in [0.5, 0.6) is 0 Å². The van der Waals surface area contributed by atoms with E-state index in [1.165, 1.54) is 5.19 Å². The summed E-state index contributed by atoms with van der Waals surface area (Å²) in [6.45, 7) is 9.40. The van der Waals surface area contributed by atoms with E-state index in [-0.39, 0.29) is 0 Å². The summed E-state index contributed by atoms with van der Waals surface area (Å²) >= 11 is 0. The Kier molecular flexibility index (Phi) is 3.34. The van der Waals surface area contributed by atoms with Gasteiger partial charge in [-0.15, -0.1) is 0 Å². The molecule has 0 aliphatic heterocycles. The van der Waals surface area contributed by atoms with Crippen molar-refractivity contribution in [2.75, 3.05) is 6.23 Å². The van der Waals surface area contributed by atoms with E-state index in [0.717, 1.165) is 0 Å². The van der Waals surface area contributed by atoms with Crippen LogP contribution in [0.4, 0.5) is 0 Å². The van der Waals surface area contributed by atoms with Gasteiger partial charge in [0.25, 0.3) is 0 Å². The molecule has 0 aliphatic carbocycles. The van der Waals surface area contributed by atoms with Crippen LogP contribution in [-0.4, -0.2) is 26.5 Å². The molecule has 1 aromatic rings. The van der Waals surface area contributed by atoms with Crippen molar-refractivity contribution in [3.8, 4) is 0 Å². The summed E-state index contributed by atoms with van der Waals surface area (Å²) in [4.78, 5) is 0. The molecule has 14 heavy (non-hydrogen) atoms. The van der Waals surface area contributed by atoms with Gasteiger partial charge in [0.15, 0.2) is 0 Å². The van der Waals surface area contributed by atoms with Gasteiger partial charge < -0.3 is 5.11 Å². The number of aliphatic hydroxyl groups excluding tert-OH is 1. The third kappa shape index (κ3) is 1.99. The molecule has 0 heterocycles. The van der Waals surface area contributed by atoms with E-state index < -0.39 is 15.2 Å². The lowest BCUT2D eigenvalue weighted by Crippen LogP contribution is -2.66. The molecule has 1 rings (SSSR count). The lowest BCUT2D eigenvalue weighted by molar-refractivity contribution is 0.362. The molecule has 3 heteroatoms. The minimum absolute atomic E-state index is 0.382. The van der Waals surface area contributed by atoms with Crippen molar-refractivity contribution in [3.63, 3.8) is 0 Å². The molecule has 1 unspecified atom stereocenters. The molecular weight excluding hydrogens is 204 g/mol. The molecule has 0 saturated carbocycles. The summed E-state index contributed by atoms with van der Waals surface area (Å²) < 4.78 is 0. The number of benzene rings is 1. The molecule has 0 aromatic heterocycles. The van der Waals surface area contributed by atoms with Crippen molar-refractivity contribution in [1.29, 1.82) is 0 Å². The van der Waals surface area contributed by atoms with Gasteiger partial charge >= 0.3 is 0 Å². The molecule has 1 N–H and O–H groups in total. The Morgan fingerprint density at radius 2 is 1.50 bits per heavy atom. The summed E-state index contributed by atoms with van der Waals surface area (Å²) in [7, 11) is -2.87. The van der Waals surface area contributed by atoms with Crippen LogP contribution in [-0.2, 0) is 0 Å². The average Bonchev–Trinajstić information content (AvgIpc) is 2.16. The lowest BCUT2D eigenvalue weighted by atomic mass is 10.4. The predicted molar refractivity (Wildman–Crippen MR) is 68.1 cm³/mol. The molecule has 0 aliphatic rings. The van der Waals surface area contributed by atoms with E-state index in [1.54, 1.807) is 0 Å². The highest BCUT2D eigenvalue weighted by Gasteiger charge is 2.42. The van der Waals surface area contributed by atoms with E-state index in [1.807, 2.05) is 6.07 Å². The quantitative estimate of drug-likeness (QED) is 0.778. The zero-order chi connectivity index (χ0) is 10.8. The molecule has 0 bridgehead atoms. The van der Waals surface area contributed by atoms with Crippen molar-refractivity contribution >= 4 is 20.4 Å². The Labute approximate surface area is 88.6 Å². The van der Waals surface area contributed by atoms with Crippen LogP contribution >= 0.6 is 0 Å². The first kappa shape index (κ1) is 11.7. The highest BCUT2D eigenvalue weighted by atomic mass is 29.3. The van der Waals surface area contributed by atoms with Crippen LogP contribution in [0, 0.1) is 0 Å². The van der Waals surface area contributed by atoms with E-state index in [0.29, 0.717) is 6.23 Å². The fourth-order valence-corrected chi connectivity index (χ4v) is 8.54. The number of rotatable bonds is 3. The van der Waals surface area contributed by atoms with Gasteiger partial charge in [0, 0.05) is 13.8 Å².